The molecule has 4 aliphatic carbocycles. The van der Waals surface area contributed by atoms with Gasteiger partial charge in [-0.3, -0.25) is 9.59 Å². The van der Waals surface area contributed by atoms with Crippen LogP contribution in [-0.4, -0.2) is 35.7 Å². The van der Waals surface area contributed by atoms with Gasteiger partial charge in [-0.25, -0.2) is 4.79 Å². The SMILES string of the molecule is CC(=O)OC1CC[C@@]2(C)C(=CCC3C4CC5OC(=O)[C@@](C)(OC(C)=O)C5[C@@]4(C)CCC32)C1. The van der Waals surface area contributed by atoms with Crippen LogP contribution >= 0.6 is 0 Å². The standard InChI is InChI=1S/C26H36O6/c1-14(27)30-17-8-10-24(3)16(12-17)6-7-18-19(24)9-11-25(4)20(18)13-21-22(25)26(5,23(29)31-21)32-15(2)28/h6,17-22H,7-13H2,1-5H3/t17?,18?,19?,20?,21?,22?,24-,25-,26-/m0/s1. The molecule has 0 amide bonds. The lowest BCUT2D eigenvalue weighted by atomic mass is 9.47. The minimum atomic E-state index is -1.19. The van der Waals surface area contributed by atoms with Gasteiger partial charge < -0.3 is 14.2 Å². The van der Waals surface area contributed by atoms with E-state index in [1.54, 1.807) is 6.92 Å². The molecule has 176 valence electrons. The van der Waals surface area contributed by atoms with Crippen molar-refractivity contribution in [3.8, 4) is 0 Å². The van der Waals surface area contributed by atoms with Crippen LogP contribution in [0.1, 0.15) is 79.6 Å². The lowest BCUT2D eigenvalue weighted by Crippen LogP contribution is -2.54. The van der Waals surface area contributed by atoms with E-state index in [1.165, 1.54) is 19.4 Å². The summed E-state index contributed by atoms with van der Waals surface area (Å²) < 4.78 is 17.1. The summed E-state index contributed by atoms with van der Waals surface area (Å²) in [6.07, 6.45) is 9.11. The van der Waals surface area contributed by atoms with Gasteiger partial charge >= 0.3 is 17.9 Å². The molecule has 5 aliphatic rings. The molecular formula is C26H36O6. The number of allylic oxidation sites excluding steroid dienone is 1. The largest absolute Gasteiger partial charge is 0.462 e. The van der Waals surface area contributed by atoms with Gasteiger partial charge in [0.1, 0.15) is 12.2 Å². The maximum atomic E-state index is 12.7. The molecule has 0 bridgehead atoms. The fraction of sp³-hybridized carbons (Fsp3) is 0.808. The Morgan fingerprint density at radius 3 is 2.50 bits per heavy atom. The lowest BCUT2D eigenvalue weighted by molar-refractivity contribution is -0.179. The normalized spacial score (nSPS) is 49.0. The Hall–Kier alpha value is -1.85. The molecule has 32 heavy (non-hydrogen) atoms. The molecule has 0 aromatic carbocycles. The van der Waals surface area contributed by atoms with E-state index in [9.17, 15) is 14.4 Å². The molecule has 0 radical (unpaired) electrons. The molecule has 6 unspecified atom stereocenters. The smallest absolute Gasteiger partial charge is 0.351 e. The number of esters is 3. The van der Waals surface area contributed by atoms with E-state index in [2.05, 4.69) is 19.9 Å². The van der Waals surface area contributed by atoms with Crippen LogP contribution < -0.4 is 0 Å². The third kappa shape index (κ3) is 2.93. The zero-order valence-corrected chi connectivity index (χ0v) is 19.9. The van der Waals surface area contributed by atoms with Crippen molar-refractivity contribution < 1.29 is 28.6 Å². The van der Waals surface area contributed by atoms with Crippen molar-refractivity contribution in [3.63, 3.8) is 0 Å². The van der Waals surface area contributed by atoms with Gasteiger partial charge in [0, 0.05) is 20.3 Å². The maximum absolute atomic E-state index is 12.7. The van der Waals surface area contributed by atoms with E-state index in [1.807, 2.05) is 0 Å². The summed E-state index contributed by atoms with van der Waals surface area (Å²) in [6, 6.07) is 0. The molecule has 3 saturated carbocycles. The summed E-state index contributed by atoms with van der Waals surface area (Å²) in [7, 11) is 0. The summed E-state index contributed by atoms with van der Waals surface area (Å²) >= 11 is 0. The van der Waals surface area contributed by atoms with E-state index in [0.29, 0.717) is 17.8 Å². The van der Waals surface area contributed by atoms with Crippen LogP contribution in [0, 0.1) is 34.5 Å². The Balaban J connectivity index is 1.43. The van der Waals surface area contributed by atoms with Gasteiger partial charge in [-0.2, -0.15) is 0 Å². The first kappa shape index (κ1) is 22.0. The van der Waals surface area contributed by atoms with Crippen LogP contribution in [0.5, 0.6) is 0 Å². The van der Waals surface area contributed by atoms with Gasteiger partial charge in [0.05, 0.1) is 5.92 Å². The molecule has 1 aliphatic heterocycles. The number of carbonyl (C=O) groups is 3. The molecule has 5 rings (SSSR count). The molecule has 6 heteroatoms. The molecule has 6 nitrogen and oxygen atoms in total. The second kappa shape index (κ2) is 7.07. The highest BCUT2D eigenvalue weighted by Crippen LogP contribution is 2.69. The highest BCUT2D eigenvalue weighted by atomic mass is 16.6. The van der Waals surface area contributed by atoms with Gasteiger partial charge in [-0.1, -0.05) is 25.5 Å². The highest BCUT2D eigenvalue weighted by molar-refractivity contribution is 5.85. The second-order valence-electron chi connectivity index (χ2n) is 11.6. The summed E-state index contributed by atoms with van der Waals surface area (Å²) in [6.45, 7) is 9.35. The van der Waals surface area contributed by atoms with Crippen LogP contribution in [0.25, 0.3) is 0 Å². The fourth-order valence-electron chi connectivity index (χ4n) is 8.84. The predicted molar refractivity (Wildman–Crippen MR) is 116 cm³/mol. The van der Waals surface area contributed by atoms with Gasteiger partial charge in [0.15, 0.2) is 0 Å². The number of hydrogen-bond acceptors (Lipinski definition) is 6. The summed E-state index contributed by atoms with van der Waals surface area (Å²) in [4.78, 5) is 36.1. The van der Waals surface area contributed by atoms with Gasteiger partial charge in [-0.05, 0) is 74.0 Å². The highest BCUT2D eigenvalue weighted by Gasteiger charge is 2.71. The van der Waals surface area contributed by atoms with Crippen molar-refractivity contribution in [1.82, 2.24) is 0 Å². The first-order chi connectivity index (χ1) is 15.0. The number of rotatable bonds is 2. The van der Waals surface area contributed by atoms with Crippen LogP contribution in [0.15, 0.2) is 11.6 Å². The molecule has 0 aromatic rings. The van der Waals surface area contributed by atoms with Crippen molar-refractivity contribution in [2.45, 2.75) is 97.4 Å². The van der Waals surface area contributed by atoms with Crippen LogP contribution in [0.3, 0.4) is 0 Å². The number of ether oxygens (including phenoxy) is 3. The van der Waals surface area contributed by atoms with Gasteiger partial charge in [-0.15, -0.1) is 0 Å². The summed E-state index contributed by atoms with van der Waals surface area (Å²) in [5.41, 5.74) is 0.344. The molecule has 0 aromatic heterocycles. The fourth-order valence-corrected chi connectivity index (χ4v) is 8.84. The van der Waals surface area contributed by atoms with E-state index in [-0.39, 0.29) is 40.9 Å². The molecule has 1 heterocycles. The number of fused-ring (bicyclic) bond motifs is 7. The van der Waals surface area contributed by atoms with E-state index in [4.69, 9.17) is 14.2 Å². The zero-order chi connectivity index (χ0) is 23.1. The summed E-state index contributed by atoms with van der Waals surface area (Å²) in [5.74, 6) is 0.491. The first-order valence-electron chi connectivity index (χ1n) is 12.3. The molecule has 0 spiro atoms. The van der Waals surface area contributed by atoms with Crippen LogP contribution in [0.4, 0.5) is 0 Å². The van der Waals surface area contributed by atoms with Crippen molar-refractivity contribution in [3.05, 3.63) is 11.6 Å². The van der Waals surface area contributed by atoms with Crippen LogP contribution in [0.2, 0.25) is 0 Å². The monoisotopic (exact) mass is 444 g/mol. The Morgan fingerprint density at radius 2 is 1.81 bits per heavy atom. The van der Waals surface area contributed by atoms with E-state index < -0.39 is 11.6 Å². The molecule has 9 atom stereocenters. The van der Waals surface area contributed by atoms with Crippen molar-refractivity contribution in [2.24, 2.45) is 34.5 Å². The Labute approximate surface area is 190 Å². The third-order valence-electron chi connectivity index (χ3n) is 10.0. The number of carbonyl (C=O) groups excluding carboxylic acids is 3. The average molecular weight is 445 g/mol. The van der Waals surface area contributed by atoms with Gasteiger partial charge in [0.2, 0.25) is 5.60 Å². The molecule has 4 fully saturated rings. The van der Waals surface area contributed by atoms with E-state index >= 15 is 0 Å². The summed E-state index contributed by atoms with van der Waals surface area (Å²) in [5, 5.41) is 0. The molecular weight excluding hydrogens is 408 g/mol. The van der Waals surface area contributed by atoms with Crippen molar-refractivity contribution in [2.75, 3.05) is 0 Å². The average Bonchev–Trinajstić information content (AvgIpc) is 3.12. The predicted octanol–water partition coefficient (Wildman–Crippen LogP) is 4.35. The van der Waals surface area contributed by atoms with Gasteiger partial charge in [0.25, 0.3) is 0 Å². The van der Waals surface area contributed by atoms with Crippen molar-refractivity contribution in [1.29, 1.82) is 0 Å². The van der Waals surface area contributed by atoms with Crippen LogP contribution in [-0.2, 0) is 28.6 Å². The number of hydrogen-bond donors (Lipinski definition) is 0. The molecule has 0 N–H and O–H groups in total. The van der Waals surface area contributed by atoms with E-state index in [0.717, 1.165) is 44.9 Å². The third-order valence-corrected chi connectivity index (χ3v) is 10.0. The first-order valence-corrected chi connectivity index (χ1v) is 12.3. The zero-order valence-electron chi connectivity index (χ0n) is 19.9. The maximum Gasteiger partial charge on any atom is 0.351 e. The minimum absolute atomic E-state index is 0.00641. The minimum Gasteiger partial charge on any atom is -0.462 e. The lowest BCUT2D eigenvalue weighted by Gasteiger charge is -2.58. The Bertz CT molecular complexity index is 893. The van der Waals surface area contributed by atoms with Crippen molar-refractivity contribution >= 4 is 17.9 Å². The topological polar surface area (TPSA) is 78.9 Å². The Kier molecular flexibility index (Phi) is 4.86. The quantitative estimate of drug-likeness (QED) is 0.358. The molecule has 1 saturated heterocycles. The second-order valence-corrected chi connectivity index (χ2v) is 11.6. The Morgan fingerprint density at radius 1 is 1.06 bits per heavy atom.